The fourth-order valence-corrected chi connectivity index (χ4v) is 2.45. The Morgan fingerprint density at radius 1 is 1.29 bits per heavy atom. The minimum atomic E-state index is 0.666. The third kappa shape index (κ3) is 1.91. The Kier molecular flexibility index (Phi) is 2.56. The molecule has 0 radical (unpaired) electrons. The third-order valence-electron chi connectivity index (χ3n) is 3.52. The lowest BCUT2D eigenvalue weighted by Crippen LogP contribution is -2.24. The van der Waals surface area contributed by atoms with E-state index in [1.165, 1.54) is 28.8 Å². The van der Waals surface area contributed by atoms with Gasteiger partial charge in [0, 0.05) is 30.5 Å². The number of rotatable bonds is 3. The average Bonchev–Trinajstić information content (AvgIpc) is 2.32. The number of fused-ring (bicyclic) bond motifs is 1. The summed E-state index contributed by atoms with van der Waals surface area (Å²) in [5, 5.41) is 3.52. The predicted octanol–water partition coefficient (Wildman–Crippen LogP) is 3.14. The molecule has 0 fully saturated rings. The van der Waals surface area contributed by atoms with E-state index in [9.17, 15) is 0 Å². The van der Waals surface area contributed by atoms with E-state index in [-0.39, 0.29) is 0 Å². The number of hydrogen-bond donors (Lipinski definition) is 1. The summed E-state index contributed by atoms with van der Waals surface area (Å²) in [7, 11) is 0. The second-order valence-electron chi connectivity index (χ2n) is 4.67. The number of anilines is 1. The van der Waals surface area contributed by atoms with E-state index in [0.29, 0.717) is 5.92 Å². The van der Waals surface area contributed by atoms with Gasteiger partial charge in [0.05, 0.1) is 0 Å². The highest BCUT2D eigenvalue weighted by Crippen LogP contribution is 2.34. The molecule has 1 aliphatic rings. The maximum atomic E-state index is 4.10. The van der Waals surface area contributed by atoms with Crippen LogP contribution in [0, 0.1) is 6.92 Å². The molecule has 0 saturated heterocycles. The smallest absolute Gasteiger partial charge is 0.0400 e. The zero-order valence-corrected chi connectivity index (χ0v) is 9.98. The first-order chi connectivity index (χ1) is 8.34. The summed E-state index contributed by atoms with van der Waals surface area (Å²) >= 11 is 0. The van der Waals surface area contributed by atoms with Crippen molar-refractivity contribution >= 4 is 5.69 Å². The molecule has 1 aliphatic carbocycles. The van der Waals surface area contributed by atoms with Crippen molar-refractivity contribution in [2.75, 3.05) is 11.9 Å². The zero-order chi connectivity index (χ0) is 11.7. The lowest BCUT2D eigenvalue weighted by molar-refractivity contribution is 0.635. The highest BCUT2D eigenvalue weighted by Gasteiger charge is 2.24. The molecule has 1 aromatic heterocycles. The molecule has 86 valence electrons. The highest BCUT2D eigenvalue weighted by atomic mass is 14.9. The molecule has 3 rings (SSSR count). The fourth-order valence-electron chi connectivity index (χ4n) is 2.45. The Bertz CT molecular complexity index is 534. The van der Waals surface area contributed by atoms with E-state index >= 15 is 0 Å². The molecule has 17 heavy (non-hydrogen) atoms. The van der Waals surface area contributed by atoms with Crippen LogP contribution in [0.1, 0.15) is 22.6 Å². The lowest BCUT2D eigenvalue weighted by Gasteiger charge is -2.30. The van der Waals surface area contributed by atoms with Crippen molar-refractivity contribution < 1.29 is 0 Å². The lowest BCUT2D eigenvalue weighted by atomic mass is 9.77. The van der Waals surface area contributed by atoms with Crippen molar-refractivity contribution in [1.29, 1.82) is 0 Å². The fraction of sp³-hybridized carbons (Fsp3) is 0.267. The summed E-state index contributed by atoms with van der Waals surface area (Å²) in [6, 6.07) is 10.8. The average molecular weight is 224 g/mol. The normalized spacial score (nSPS) is 17.1. The SMILES string of the molecule is Cc1cnccc1NCC1Cc2ccccc21. The third-order valence-corrected chi connectivity index (χ3v) is 3.52. The van der Waals surface area contributed by atoms with Gasteiger partial charge in [0.25, 0.3) is 0 Å². The molecule has 0 saturated carbocycles. The van der Waals surface area contributed by atoms with E-state index in [0.717, 1.165) is 6.54 Å². The highest BCUT2D eigenvalue weighted by molar-refractivity contribution is 5.50. The van der Waals surface area contributed by atoms with Gasteiger partial charge in [-0.1, -0.05) is 24.3 Å². The molecular formula is C15H16N2. The van der Waals surface area contributed by atoms with Crippen LogP contribution in [-0.4, -0.2) is 11.5 Å². The van der Waals surface area contributed by atoms with Crippen LogP contribution in [-0.2, 0) is 6.42 Å². The van der Waals surface area contributed by atoms with Crippen LogP contribution in [0.2, 0.25) is 0 Å². The predicted molar refractivity (Wildman–Crippen MR) is 70.4 cm³/mol. The number of nitrogens with zero attached hydrogens (tertiary/aromatic N) is 1. The Morgan fingerprint density at radius 2 is 2.18 bits per heavy atom. The zero-order valence-electron chi connectivity index (χ0n) is 9.98. The minimum absolute atomic E-state index is 0.666. The van der Waals surface area contributed by atoms with Gasteiger partial charge in [-0.05, 0) is 36.1 Å². The summed E-state index contributed by atoms with van der Waals surface area (Å²) in [6.45, 7) is 3.10. The van der Waals surface area contributed by atoms with E-state index in [2.05, 4.69) is 41.5 Å². The molecule has 1 N–H and O–H groups in total. The monoisotopic (exact) mass is 224 g/mol. The van der Waals surface area contributed by atoms with E-state index < -0.39 is 0 Å². The van der Waals surface area contributed by atoms with Gasteiger partial charge in [0.1, 0.15) is 0 Å². The largest absolute Gasteiger partial charge is 0.384 e. The summed E-state index contributed by atoms with van der Waals surface area (Å²) < 4.78 is 0. The van der Waals surface area contributed by atoms with E-state index in [4.69, 9.17) is 0 Å². The van der Waals surface area contributed by atoms with Crippen molar-refractivity contribution in [3.63, 3.8) is 0 Å². The molecule has 1 heterocycles. The number of benzene rings is 1. The summed E-state index contributed by atoms with van der Waals surface area (Å²) in [5.41, 5.74) is 5.42. The molecule has 2 nitrogen and oxygen atoms in total. The molecule has 1 aromatic carbocycles. The van der Waals surface area contributed by atoms with Gasteiger partial charge in [-0.2, -0.15) is 0 Å². The van der Waals surface area contributed by atoms with Gasteiger partial charge in [-0.15, -0.1) is 0 Å². The maximum Gasteiger partial charge on any atom is 0.0400 e. The van der Waals surface area contributed by atoms with Gasteiger partial charge in [-0.3, -0.25) is 4.98 Å². The quantitative estimate of drug-likeness (QED) is 0.866. The number of nitrogens with one attached hydrogen (secondary N) is 1. The second kappa shape index (κ2) is 4.21. The van der Waals surface area contributed by atoms with Crippen LogP contribution in [0.25, 0.3) is 0 Å². The first-order valence-corrected chi connectivity index (χ1v) is 6.07. The number of aryl methyl sites for hydroxylation is 1. The molecule has 1 atom stereocenters. The molecule has 0 aliphatic heterocycles. The Balaban J connectivity index is 1.66. The topological polar surface area (TPSA) is 24.9 Å². The Hall–Kier alpha value is -1.83. The standard InChI is InChI=1S/C15H16N2/c1-11-9-16-7-6-15(11)17-10-13-8-12-4-2-3-5-14(12)13/h2-7,9,13H,8,10H2,1H3,(H,16,17). The van der Waals surface area contributed by atoms with E-state index in [1.54, 1.807) is 0 Å². The van der Waals surface area contributed by atoms with Crippen LogP contribution >= 0.6 is 0 Å². The number of hydrogen-bond acceptors (Lipinski definition) is 2. The van der Waals surface area contributed by atoms with Crippen LogP contribution in [0.5, 0.6) is 0 Å². The molecule has 0 bridgehead atoms. The van der Waals surface area contributed by atoms with E-state index in [1.807, 2.05) is 18.5 Å². The molecule has 2 aromatic rings. The van der Waals surface area contributed by atoms with Gasteiger partial charge in [0.2, 0.25) is 0 Å². The first kappa shape index (κ1) is 10.3. The minimum Gasteiger partial charge on any atom is -0.384 e. The molecular weight excluding hydrogens is 208 g/mol. The van der Waals surface area contributed by atoms with Gasteiger partial charge >= 0.3 is 0 Å². The van der Waals surface area contributed by atoms with Crippen molar-refractivity contribution in [2.45, 2.75) is 19.3 Å². The Labute approximate surface area is 102 Å². The molecule has 0 spiro atoms. The molecule has 1 unspecified atom stereocenters. The van der Waals surface area contributed by atoms with Gasteiger partial charge < -0.3 is 5.32 Å². The van der Waals surface area contributed by atoms with Crippen LogP contribution in [0.3, 0.4) is 0 Å². The maximum absolute atomic E-state index is 4.10. The van der Waals surface area contributed by atoms with Crippen LogP contribution in [0.15, 0.2) is 42.7 Å². The molecule has 0 amide bonds. The van der Waals surface area contributed by atoms with Gasteiger partial charge in [-0.25, -0.2) is 0 Å². The molecule has 2 heteroatoms. The van der Waals surface area contributed by atoms with Crippen molar-refractivity contribution in [2.24, 2.45) is 0 Å². The summed E-state index contributed by atoms with van der Waals surface area (Å²) in [6.07, 6.45) is 4.94. The van der Waals surface area contributed by atoms with Crippen molar-refractivity contribution in [1.82, 2.24) is 4.98 Å². The van der Waals surface area contributed by atoms with Crippen molar-refractivity contribution in [3.05, 3.63) is 59.4 Å². The first-order valence-electron chi connectivity index (χ1n) is 6.07. The van der Waals surface area contributed by atoms with Crippen LogP contribution in [0.4, 0.5) is 5.69 Å². The van der Waals surface area contributed by atoms with Crippen LogP contribution < -0.4 is 5.32 Å². The summed E-state index contributed by atoms with van der Waals surface area (Å²) in [4.78, 5) is 4.10. The number of aromatic nitrogens is 1. The second-order valence-corrected chi connectivity index (χ2v) is 4.67. The van der Waals surface area contributed by atoms with Crippen molar-refractivity contribution in [3.8, 4) is 0 Å². The van der Waals surface area contributed by atoms with Gasteiger partial charge in [0.15, 0.2) is 0 Å². The summed E-state index contributed by atoms with van der Waals surface area (Å²) in [5.74, 6) is 0.666. The Morgan fingerprint density at radius 3 is 3.00 bits per heavy atom. The number of pyridine rings is 1.